The summed E-state index contributed by atoms with van der Waals surface area (Å²) in [6, 6.07) is 15.6. The number of aromatic nitrogens is 2. The first kappa shape index (κ1) is 27.9. The summed E-state index contributed by atoms with van der Waals surface area (Å²) in [4.78, 5) is 24.1. The highest BCUT2D eigenvalue weighted by molar-refractivity contribution is 5.89. The van der Waals surface area contributed by atoms with Gasteiger partial charge in [0, 0.05) is 19.1 Å². The monoisotopic (exact) mass is 516 g/mol. The minimum atomic E-state index is -4.62. The van der Waals surface area contributed by atoms with Gasteiger partial charge in [-0.3, -0.25) is 4.79 Å². The second-order valence-corrected chi connectivity index (χ2v) is 8.64. The predicted octanol–water partition coefficient (Wildman–Crippen LogP) is 5.05. The average molecular weight is 517 g/mol. The van der Waals surface area contributed by atoms with Crippen molar-refractivity contribution >= 4 is 18.1 Å². The molecule has 2 aromatic carbocycles. The normalized spacial score (nSPS) is 13.4. The van der Waals surface area contributed by atoms with Crippen LogP contribution in [0.15, 0.2) is 48.5 Å². The third-order valence-electron chi connectivity index (χ3n) is 6.30. The number of rotatable bonds is 7. The summed E-state index contributed by atoms with van der Waals surface area (Å²) in [6.07, 6.45) is -3.44. The van der Waals surface area contributed by atoms with Crippen molar-refractivity contribution in [1.29, 1.82) is 0 Å². The maximum atomic E-state index is 13.0. The number of hydrogen-bond donors (Lipinski definition) is 1. The molecular weight excluding hydrogens is 485 g/mol. The van der Waals surface area contributed by atoms with E-state index in [4.69, 9.17) is 0 Å². The summed E-state index contributed by atoms with van der Waals surface area (Å²) in [5.41, 5.74) is 2.45. The molecule has 1 unspecified atom stereocenters. The van der Waals surface area contributed by atoms with Gasteiger partial charge in [-0.1, -0.05) is 43.3 Å². The summed E-state index contributed by atoms with van der Waals surface area (Å²) >= 11 is 0. The fraction of sp³-hybridized carbons (Fsp3) is 0.370. The van der Waals surface area contributed by atoms with Crippen LogP contribution in [0.3, 0.4) is 0 Å². The van der Waals surface area contributed by atoms with Crippen molar-refractivity contribution in [3.05, 3.63) is 82.0 Å². The van der Waals surface area contributed by atoms with Gasteiger partial charge in [0.25, 0.3) is 0 Å². The topological polar surface area (TPSA) is 76.5 Å². The van der Waals surface area contributed by atoms with E-state index >= 15 is 0 Å². The Labute approximate surface area is 214 Å². The summed E-state index contributed by atoms with van der Waals surface area (Å²) in [5, 5.41) is 6.70. The lowest BCUT2D eigenvalue weighted by molar-refractivity contribution is -0.141. The number of halogens is 3. The lowest BCUT2D eigenvalue weighted by Crippen LogP contribution is -2.21. The van der Waals surface area contributed by atoms with Gasteiger partial charge in [0.2, 0.25) is 0 Å². The number of hydrogen-bond acceptors (Lipinski definition) is 6. The van der Waals surface area contributed by atoms with E-state index in [2.05, 4.69) is 29.0 Å². The summed E-state index contributed by atoms with van der Waals surface area (Å²) < 4.78 is 44.8. The molecule has 0 amide bonds. The quantitative estimate of drug-likeness (QED) is 0.350. The number of aldehydes is 1. The van der Waals surface area contributed by atoms with Gasteiger partial charge in [-0.2, -0.15) is 18.3 Å². The second-order valence-electron chi connectivity index (χ2n) is 8.64. The van der Waals surface area contributed by atoms with Gasteiger partial charge < -0.3 is 15.0 Å². The average Bonchev–Trinajstić information content (AvgIpc) is 3.48. The zero-order valence-corrected chi connectivity index (χ0v) is 21.3. The number of nitrogens with one attached hydrogen (secondary N) is 1. The molecule has 1 N–H and O–H groups in total. The van der Waals surface area contributed by atoms with Gasteiger partial charge in [-0.25, -0.2) is 9.48 Å². The highest BCUT2D eigenvalue weighted by Crippen LogP contribution is 2.37. The largest absolute Gasteiger partial charge is 0.465 e. The molecule has 0 saturated heterocycles. The van der Waals surface area contributed by atoms with E-state index in [0.29, 0.717) is 31.2 Å². The molecule has 1 aliphatic rings. The lowest BCUT2D eigenvalue weighted by atomic mass is 10.1. The van der Waals surface area contributed by atoms with Gasteiger partial charge in [-0.05, 0) is 49.2 Å². The molecule has 1 atom stereocenters. The van der Waals surface area contributed by atoms with E-state index in [1.54, 1.807) is 17.0 Å². The van der Waals surface area contributed by atoms with Crippen molar-refractivity contribution in [1.82, 2.24) is 15.1 Å². The highest BCUT2D eigenvalue weighted by Gasteiger charge is 2.41. The summed E-state index contributed by atoms with van der Waals surface area (Å²) in [6.45, 7) is 5.46. The number of aryl methyl sites for hydroxylation is 1. The maximum Gasteiger partial charge on any atom is 0.435 e. The van der Waals surface area contributed by atoms with E-state index in [1.807, 2.05) is 43.4 Å². The van der Waals surface area contributed by atoms with Gasteiger partial charge in [0.05, 0.1) is 24.8 Å². The number of ether oxygens (including phenoxy) is 1. The Balaban J connectivity index is 0.000000233. The summed E-state index contributed by atoms with van der Waals surface area (Å²) in [7, 11) is 3.28. The first-order chi connectivity index (χ1) is 17.6. The molecule has 0 saturated carbocycles. The van der Waals surface area contributed by atoms with Crippen LogP contribution in [0.4, 0.5) is 19.0 Å². The Morgan fingerprint density at radius 1 is 1.11 bits per heavy atom. The van der Waals surface area contributed by atoms with Crippen molar-refractivity contribution in [2.24, 2.45) is 0 Å². The van der Waals surface area contributed by atoms with Crippen LogP contribution in [0, 0.1) is 0 Å². The molecule has 0 aliphatic carbocycles. The number of carbonyl (C=O) groups is 2. The first-order valence-corrected chi connectivity index (χ1v) is 11.9. The molecule has 0 fully saturated rings. The Morgan fingerprint density at radius 2 is 1.73 bits per heavy atom. The Kier molecular flexibility index (Phi) is 9.09. The molecule has 1 aliphatic heterocycles. The molecule has 0 spiro atoms. The van der Waals surface area contributed by atoms with E-state index in [-0.39, 0.29) is 23.6 Å². The number of nitrogens with zero attached hydrogens (tertiary/aromatic N) is 3. The number of benzene rings is 2. The first-order valence-electron chi connectivity index (χ1n) is 11.9. The molecule has 37 heavy (non-hydrogen) atoms. The zero-order chi connectivity index (χ0) is 27.2. The molecule has 7 nitrogen and oxygen atoms in total. The minimum Gasteiger partial charge on any atom is -0.465 e. The van der Waals surface area contributed by atoms with E-state index in [0.717, 1.165) is 17.5 Å². The van der Waals surface area contributed by atoms with E-state index < -0.39 is 11.9 Å². The number of esters is 1. The van der Waals surface area contributed by atoms with Crippen molar-refractivity contribution in [3.63, 3.8) is 0 Å². The maximum absolute atomic E-state index is 13.0. The Hall–Kier alpha value is -3.66. The van der Waals surface area contributed by atoms with Crippen LogP contribution in [-0.4, -0.2) is 42.7 Å². The number of alkyl halides is 3. The van der Waals surface area contributed by atoms with Gasteiger partial charge in [-0.15, -0.1) is 0 Å². The third-order valence-corrected chi connectivity index (χ3v) is 6.30. The molecule has 4 rings (SSSR count). The molecule has 1 aromatic heterocycles. The minimum absolute atomic E-state index is 0.250. The highest BCUT2D eigenvalue weighted by atomic mass is 19.4. The van der Waals surface area contributed by atoms with Crippen LogP contribution < -0.4 is 10.2 Å². The van der Waals surface area contributed by atoms with Crippen LogP contribution in [0.1, 0.15) is 63.0 Å². The van der Waals surface area contributed by atoms with Crippen LogP contribution in [0.5, 0.6) is 0 Å². The molecule has 3 aromatic rings. The molecule has 2 heterocycles. The van der Waals surface area contributed by atoms with Crippen LogP contribution in [0.25, 0.3) is 0 Å². The Bertz CT molecular complexity index is 1210. The number of carbonyl (C=O) groups excluding carboxylic acids is 2. The SMILES string of the molecule is CCc1ccc(CN2CCn3nc(C(F)(F)F)c(C=O)c32)cc1.CNC(C)c1ccc(C(=O)OC)cc1. The fourth-order valence-electron chi connectivity index (χ4n) is 4.04. The van der Waals surface area contributed by atoms with Crippen molar-refractivity contribution in [3.8, 4) is 0 Å². The standard InChI is InChI=1S/C16H16F3N3O.C11H15NO2/c1-2-11-3-5-12(6-4-11)9-21-7-8-22-15(21)13(10-23)14(20-22)16(17,18)19;1-8(12-2)9-4-6-10(7-5-9)11(13)14-3/h3-6,10H,2,7-9H2,1H3;4-8,12H,1-3H3. The number of methoxy groups -OCH3 is 1. The number of fused-ring (bicyclic) bond motifs is 1. The third kappa shape index (κ3) is 6.56. The van der Waals surface area contributed by atoms with Crippen LogP contribution in [-0.2, 0) is 30.4 Å². The van der Waals surface area contributed by atoms with Gasteiger partial charge in [0.1, 0.15) is 5.82 Å². The fourth-order valence-corrected chi connectivity index (χ4v) is 4.04. The second kappa shape index (κ2) is 12.1. The molecule has 10 heteroatoms. The van der Waals surface area contributed by atoms with Crippen LogP contribution >= 0.6 is 0 Å². The van der Waals surface area contributed by atoms with Crippen molar-refractivity contribution in [2.45, 2.75) is 45.6 Å². The van der Waals surface area contributed by atoms with E-state index in [9.17, 15) is 22.8 Å². The summed E-state index contributed by atoms with van der Waals surface area (Å²) in [5.74, 6) is -0.0412. The molecule has 0 radical (unpaired) electrons. The van der Waals surface area contributed by atoms with E-state index in [1.165, 1.54) is 17.4 Å². The molecule has 0 bridgehead atoms. The van der Waals surface area contributed by atoms with Gasteiger partial charge >= 0.3 is 12.1 Å². The van der Waals surface area contributed by atoms with Crippen molar-refractivity contribution < 1.29 is 27.5 Å². The molecule has 198 valence electrons. The predicted molar refractivity (Wildman–Crippen MR) is 135 cm³/mol. The number of anilines is 1. The van der Waals surface area contributed by atoms with Crippen molar-refractivity contribution in [2.75, 3.05) is 25.6 Å². The van der Waals surface area contributed by atoms with Crippen LogP contribution in [0.2, 0.25) is 0 Å². The van der Waals surface area contributed by atoms with Gasteiger partial charge in [0.15, 0.2) is 12.0 Å². The zero-order valence-electron chi connectivity index (χ0n) is 21.3. The lowest BCUT2D eigenvalue weighted by Gasteiger charge is -2.18. The Morgan fingerprint density at radius 3 is 2.24 bits per heavy atom. The molecular formula is C27H31F3N4O3. The smallest absolute Gasteiger partial charge is 0.435 e.